The molecule has 1 aliphatic rings. The number of rotatable bonds is 4. The fourth-order valence-corrected chi connectivity index (χ4v) is 5.00. The van der Waals surface area contributed by atoms with E-state index in [0.29, 0.717) is 11.1 Å². The van der Waals surface area contributed by atoms with E-state index in [9.17, 15) is 4.79 Å². The number of amides is 1. The number of benzene rings is 1. The number of carbonyl (C=O) groups excluding carboxylic acids is 1. The molecule has 7 heteroatoms. The summed E-state index contributed by atoms with van der Waals surface area (Å²) < 4.78 is 18.2. The monoisotopic (exact) mass is 498 g/mol. The Balaban J connectivity index is 1.58. The Hall–Kier alpha value is -2.51. The summed E-state index contributed by atoms with van der Waals surface area (Å²) in [6, 6.07) is 7.50. The van der Waals surface area contributed by atoms with E-state index in [1.807, 2.05) is 26.2 Å². The van der Waals surface area contributed by atoms with Gasteiger partial charge in [0.25, 0.3) is 5.91 Å². The number of hydrogen-bond acceptors (Lipinski definition) is 3. The summed E-state index contributed by atoms with van der Waals surface area (Å²) in [4.78, 5) is 20.6. The standard InChI is InChI=1S/C25H28BrFN4O/c1-15-12-18(25(32)29(3)4)13-21(27)23(15)17-7-10-31(11-8-17)16(2)22-14-19-20(26)6-9-28-24(19)30(22)5/h6-7,9,12-14,16H,8,10-11H2,1-5H3. The van der Waals surface area contributed by atoms with E-state index in [1.165, 1.54) is 16.7 Å². The molecule has 1 unspecified atom stereocenters. The highest BCUT2D eigenvalue weighted by atomic mass is 79.9. The highest BCUT2D eigenvalue weighted by molar-refractivity contribution is 9.10. The first-order valence-electron chi connectivity index (χ1n) is 10.7. The Bertz CT molecular complexity index is 1210. The lowest BCUT2D eigenvalue weighted by atomic mass is 9.92. The first-order chi connectivity index (χ1) is 15.2. The normalized spacial score (nSPS) is 15.7. The van der Waals surface area contributed by atoms with Gasteiger partial charge in [0, 0.05) is 73.2 Å². The Morgan fingerprint density at radius 3 is 2.62 bits per heavy atom. The predicted molar refractivity (Wildman–Crippen MR) is 130 cm³/mol. The van der Waals surface area contributed by atoms with Crippen molar-refractivity contribution in [2.75, 3.05) is 27.2 Å². The molecule has 0 spiro atoms. The second kappa shape index (κ2) is 8.79. The van der Waals surface area contributed by atoms with Crippen LogP contribution in [0.4, 0.5) is 4.39 Å². The summed E-state index contributed by atoms with van der Waals surface area (Å²) in [7, 11) is 5.40. The zero-order valence-corrected chi connectivity index (χ0v) is 20.7. The Morgan fingerprint density at radius 2 is 2.03 bits per heavy atom. The van der Waals surface area contributed by atoms with Gasteiger partial charge in [-0.3, -0.25) is 9.69 Å². The molecule has 5 nitrogen and oxygen atoms in total. The lowest BCUT2D eigenvalue weighted by Crippen LogP contribution is -2.32. The van der Waals surface area contributed by atoms with Crippen molar-refractivity contribution in [1.29, 1.82) is 0 Å². The minimum atomic E-state index is -0.326. The third kappa shape index (κ3) is 3.99. The second-order valence-electron chi connectivity index (χ2n) is 8.66. The SMILES string of the molecule is Cc1cc(C(=O)N(C)C)cc(F)c1C1=CCN(C(C)c2cc3c(Br)ccnc3n2C)CC1. The van der Waals surface area contributed by atoms with E-state index in [-0.39, 0.29) is 17.8 Å². The molecule has 0 N–H and O–H groups in total. The van der Waals surface area contributed by atoms with Crippen LogP contribution in [0.2, 0.25) is 0 Å². The maximum absolute atomic E-state index is 15.0. The number of hydrogen-bond donors (Lipinski definition) is 0. The summed E-state index contributed by atoms with van der Waals surface area (Å²) in [6.45, 7) is 5.65. The second-order valence-corrected chi connectivity index (χ2v) is 9.51. The number of pyridine rings is 1. The van der Waals surface area contributed by atoms with Crippen molar-refractivity contribution in [1.82, 2.24) is 19.4 Å². The maximum atomic E-state index is 15.0. The maximum Gasteiger partial charge on any atom is 0.253 e. The molecule has 0 bridgehead atoms. The van der Waals surface area contributed by atoms with E-state index in [1.54, 1.807) is 20.2 Å². The number of carbonyl (C=O) groups is 1. The molecular weight excluding hydrogens is 471 g/mol. The van der Waals surface area contributed by atoms with E-state index in [0.717, 1.165) is 46.2 Å². The van der Waals surface area contributed by atoms with Gasteiger partial charge in [0.05, 0.1) is 0 Å². The average molecular weight is 499 g/mol. The van der Waals surface area contributed by atoms with Gasteiger partial charge in [0.2, 0.25) is 0 Å². The first-order valence-corrected chi connectivity index (χ1v) is 11.5. The Kier molecular flexibility index (Phi) is 6.23. The van der Waals surface area contributed by atoms with Crippen LogP contribution in [0, 0.1) is 12.7 Å². The quantitative estimate of drug-likeness (QED) is 0.487. The van der Waals surface area contributed by atoms with Gasteiger partial charge < -0.3 is 9.47 Å². The molecule has 0 saturated carbocycles. The molecule has 3 heterocycles. The highest BCUT2D eigenvalue weighted by Crippen LogP contribution is 2.34. The van der Waals surface area contributed by atoms with Crippen molar-refractivity contribution in [3.8, 4) is 0 Å². The third-order valence-electron chi connectivity index (χ3n) is 6.39. The van der Waals surface area contributed by atoms with E-state index < -0.39 is 0 Å². The van der Waals surface area contributed by atoms with E-state index in [2.05, 4.69) is 49.4 Å². The molecule has 2 aromatic heterocycles. The van der Waals surface area contributed by atoms with Crippen LogP contribution in [0.3, 0.4) is 0 Å². The van der Waals surface area contributed by atoms with Crippen molar-refractivity contribution < 1.29 is 9.18 Å². The summed E-state index contributed by atoms with van der Waals surface area (Å²) >= 11 is 3.62. The summed E-state index contributed by atoms with van der Waals surface area (Å²) in [5.41, 5.74) is 4.98. The molecule has 0 saturated heterocycles. The van der Waals surface area contributed by atoms with Crippen molar-refractivity contribution in [3.63, 3.8) is 0 Å². The van der Waals surface area contributed by atoms with Gasteiger partial charge in [-0.05, 0) is 71.6 Å². The number of nitrogens with zero attached hydrogens (tertiary/aromatic N) is 4. The zero-order chi connectivity index (χ0) is 23.2. The average Bonchev–Trinajstić information content (AvgIpc) is 3.10. The summed E-state index contributed by atoms with van der Waals surface area (Å²) in [5, 5.41) is 1.11. The van der Waals surface area contributed by atoms with Crippen molar-refractivity contribution in [2.45, 2.75) is 26.3 Å². The Morgan fingerprint density at radius 1 is 1.28 bits per heavy atom. The van der Waals surface area contributed by atoms with E-state index in [4.69, 9.17) is 0 Å². The van der Waals surface area contributed by atoms with Crippen LogP contribution >= 0.6 is 15.9 Å². The minimum absolute atomic E-state index is 0.188. The van der Waals surface area contributed by atoms with Crippen LogP contribution in [0.15, 0.2) is 41.0 Å². The van der Waals surface area contributed by atoms with Gasteiger partial charge in [0.1, 0.15) is 11.5 Å². The number of halogens is 2. The lowest BCUT2D eigenvalue weighted by Gasteiger charge is -2.32. The first kappa shape index (κ1) is 22.7. The summed E-state index contributed by atoms with van der Waals surface area (Å²) in [6.07, 6.45) is 4.69. The number of aromatic nitrogens is 2. The van der Waals surface area contributed by atoms with Crippen LogP contribution in [0.5, 0.6) is 0 Å². The number of fused-ring (bicyclic) bond motifs is 1. The molecular formula is C25H28BrFN4O. The zero-order valence-electron chi connectivity index (χ0n) is 19.1. The van der Waals surface area contributed by atoms with Gasteiger partial charge in [-0.2, -0.15) is 0 Å². The van der Waals surface area contributed by atoms with Crippen LogP contribution in [-0.2, 0) is 7.05 Å². The molecule has 1 aromatic carbocycles. The van der Waals surface area contributed by atoms with Gasteiger partial charge in [-0.25, -0.2) is 9.37 Å². The van der Waals surface area contributed by atoms with Crippen molar-refractivity contribution >= 4 is 38.4 Å². The molecule has 1 amide bonds. The van der Waals surface area contributed by atoms with Crippen LogP contribution < -0.4 is 0 Å². The van der Waals surface area contributed by atoms with Crippen molar-refractivity contribution in [3.05, 3.63) is 69.2 Å². The molecule has 1 atom stereocenters. The van der Waals surface area contributed by atoms with Gasteiger partial charge >= 0.3 is 0 Å². The van der Waals surface area contributed by atoms with Crippen LogP contribution in [0.25, 0.3) is 16.6 Å². The Labute approximate surface area is 196 Å². The molecule has 4 rings (SSSR count). The lowest BCUT2D eigenvalue weighted by molar-refractivity contribution is 0.0827. The smallest absolute Gasteiger partial charge is 0.253 e. The van der Waals surface area contributed by atoms with Gasteiger partial charge in [-0.1, -0.05) is 6.08 Å². The molecule has 32 heavy (non-hydrogen) atoms. The van der Waals surface area contributed by atoms with Crippen molar-refractivity contribution in [2.24, 2.45) is 7.05 Å². The molecule has 0 aliphatic carbocycles. The fraction of sp³-hybridized carbons (Fsp3) is 0.360. The fourth-order valence-electron chi connectivity index (χ4n) is 4.59. The predicted octanol–water partition coefficient (Wildman–Crippen LogP) is 5.34. The van der Waals surface area contributed by atoms with Crippen LogP contribution in [-0.4, -0.2) is 52.4 Å². The molecule has 0 fully saturated rings. The highest BCUT2D eigenvalue weighted by Gasteiger charge is 2.25. The minimum Gasteiger partial charge on any atom is -0.345 e. The summed E-state index contributed by atoms with van der Waals surface area (Å²) in [5.74, 6) is -0.514. The topological polar surface area (TPSA) is 41.4 Å². The molecule has 0 radical (unpaired) electrons. The third-order valence-corrected chi connectivity index (χ3v) is 7.08. The van der Waals surface area contributed by atoms with E-state index >= 15 is 4.39 Å². The number of aryl methyl sites for hydroxylation is 2. The molecule has 3 aromatic rings. The van der Waals surface area contributed by atoms with Gasteiger partial charge in [-0.15, -0.1) is 0 Å². The largest absolute Gasteiger partial charge is 0.345 e. The van der Waals surface area contributed by atoms with Gasteiger partial charge in [0.15, 0.2) is 0 Å². The molecule has 1 aliphatic heterocycles. The van der Waals surface area contributed by atoms with Crippen LogP contribution in [0.1, 0.15) is 46.6 Å². The molecule has 168 valence electrons.